The molecule has 6 nitrogen and oxygen atoms in total. The van der Waals surface area contributed by atoms with Crippen molar-refractivity contribution in [2.24, 2.45) is 0 Å². The van der Waals surface area contributed by atoms with Crippen LogP contribution in [0.15, 0.2) is 21.6 Å². The molecule has 7 heteroatoms. The molecule has 0 aliphatic heterocycles. The quantitative estimate of drug-likeness (QED) is 0.785. The van der Waals surface area contributed by atoms with E-state index in [1.54, 1.807) is 0 Å². The van der Waals surface area contributed by atoms with Gasteiger partial charge in [0.2, 0.25) is 5.09 Å². The van der Waals surface area contributed by atoms with E-state index in [0.29, 0.717) is 0 Å². The highest BCUT2D eigenvalue weighted by Gasteiger charge is 2.25. The fraction of sp³-hybridized carbons (Fsp3) is 0.636. The molecule has 0 amide bonds. The number of hydrogen-bond donors (Lipinski definition) is 2. The van der Waals surface area contributed by atoms with Crippen molar-refractivity contribution >= 4 is 10.0 Å². The van der Waals surface area contributed by atoms with E-state index in [0.717, 1.165) is 0 Å². The molecular weight excluding hydrogens is 256 g/mol. The van der Waals surface area contributed by atoms with Gasteiger partial charge in [0.15, 0.2) is 0 Å². The number of likely N-dealkylation sites (N-methyl/N-ethyl adjacent to an activating group) is 1. The molecule has 1 rings (SSSR count). The van der Waals surface area contributed by atoms with E-state index >= 15 is 0 Å². The van der Waals surface area contributed by atoms with Crippen LogP contribution in [0.4, 0.5) is 0 Å². The third kappa shape index (κ3) is 3.55. The molecule has 0 fully saturated rings. The van der Waals surface area contributed by atoms with Gasteiger partial charge in [-0.15, -0.1) is 0 Å². The number of aliphatic hydroxyl groups excluding tert-OH is 1. The molecule has 0 aromatic carbocycles. The average Bonchev–Trinajstić information content (AvgIpc) is 2.75. The highest BCUT2D eigenvalue weighted by molar-refractivity contribution is 7.89. The van der Waals surface area contributed by atoms with Crippen molar-refractivity contribution in [3.05, 3.63) is 17.9 Å². The number of nitrogens with one attached hydrogen (secondary N) is 1. The lowest BCUT2D eigenvalue weighted by atomic mass is 10.1. The zero-order chi connectivity index (χ0) is 14.0. The van der Waals surface area contributed by atoms with Gasteiger partial charge in [0.05, 0.1) is 0 Å². The van der Waals surface area contributed by atoms with Gasteiger partial charge in [0, 0.05) is 12.1 Å². The second kappa shape index (κ2) is 5.40. The summed E-state index contributed by atoms with van der Waals surface area (Å²) in [6.45, 7) is 3.80. The molecule has 0 spiro atoms. The third-order valence-electron chi connectivity index (χ3n) is 2.96. The molecule has 0 saturated carbocycles. The van der Waals surface area contributed by atoms with Crippen LogP contribution in [0.1, 0.15) is 19.6 Å². The van der Waals surface area contributed by atoms with Crippen molar-refractivity contribution in [1.29, 1.82) is 0 Å². The summed E-state index contributed by atoms with van der Waals surface area (Å²) < 4.78 is 31.4. The van der Waals surface area contributed by atoms with Crippen molar-refractivity contribution in [2.75, 3.05) is 20.6 Å². The largest absolute Gasteiger partial charge is 0.446 e. The van der Waals surface area contributed by atoms with E-state index in [-0.39, 0.29) is 29.5 Å². The van der Waals surface area contributed by atoms with Gasteiger partial charge in [-0.05, 0) is 40.1 Å². The average molecular weight is 276 g/mol. The van der Waals surface area contributed by atoms with Crippen molar-refractivity contribution < 1.29 is 17.9 Å². The summed E-state index contributed by atoms with van der Waals surface area (Å²) in [7, 11) is 0.0893. The highest BCUT2D eigenvalue weighted by Crippen LogP contribution is 2.15. The molecule has 0 aliphatic carbocycles. The van der Waals surface area contributed by atoms with Gasteiger partial charge in [-0.3, -0.25) is 0 Å². The number of furan rings is 1. The van der Waals surface area contributed by atoms with Gasteiger partial charge in [-0.25, -0.2) is 13.1 Å². The maximum absolute atomic E-state index is 11.9. The molecular formula is C11H20N2O4S. The molecule has 0 aliphatic rings. The van der Waals surface area contributed by atoms with Crippen LogP contribution in [0.25, 0.3) is 0 Å². The van der Waals surface area contributed by atoms with Crippen molar-refractivity contribution in [3.8, 4) is 0 Å². The van der Waals surface area contributed by atoms with Crippen LogP contribution in [-0.2, 0) is 16.6 Å². The summed E-state index contributed by atoms with van der Waals surface area (Å²) in [5, 5.41) is 8.65. The zero-order valence-electron chi connectivity index (χ0n) is 11.1. The number of rotatable bonds is 6. The zero-order valence-corrected chi connectivity index (χ0v) is 11.9. The molecule has 1 heterocycles. The topological polar surface area (TPSA) is 82.8 Å². The number of sulfonamides is 1. The third-order valence-corrected chi connectivity index (χ3v) is 4.24. The van der Waals surface area contributed by atoms with Crippen LogP contribution < -0.4 is 4.72 Å². The van der Waals surface area contributed by atoms with Crippen molar-refractivity contribution in [2.45, 2.75) is 31.1 Å². The van der Waals surface area contributed by atoms with E-state index in [9.17, 15) is 8.42 Å². The standard InChI is InChI=1S/C11H20N2O4S/c1-11(2,13(3)4)8-12-18(15,16)10-6-5-9(7-14)17-10/h5-6,12,14H,7-8H2,1-4H3. The SMILES string of the molecule is CN(C)C(C)(C)CNS(=O)(=O)c1ccc(CO)o1. The Morgan fingerprint density at radius 2 is 2.00 bits per heavy atom. The normalized spacial score (nSPS) is 13.2. The van der Waals surface area contributed by atoms with E-state index in [1.807, 2.05) is 32.8 Å². The number of hydrogen-bond acceptors (Lipinski definition) is 5. The summed E-state index contributed by atoms with van der Waals surface area (Å²) in [5.74, 6) is 0.224. The molecule has 1 aromatic rings. The monoisotopic (exact) mass is 276 g/mol. The fourth-order valence-corrected chi connectivity index (χ4v) is 2.24. The predicted octanol–water partition coefficient (Wildman–Crippen LogP) is 0.390. The minimum Gasteiger partial charge on any atom is -0.446 e. The second-order valence-corrected chi connectivity index (χ2v) is 6.61. The maximum Gasteiger partial charge on any atom is 0.274 e. The summed E-state index contributed by atoms with van der Waals surface area (Å²) in [6, 6.07) is 2.77. The lowest BCUT2D eigenvalue weighted by Crippen LogP contribution is -2.48. The Kier molecular flexibility index (Phi) is 4.55. The first-order chi connectivity index (χ1) is 8.19. The second-order valence-electron chi connectivity index (χ2n) is 4.91. The van der Waals surface area contributed by atoms with Gasteiger partial charge in [0.1, 0.15) is 12.4 Å². The van der Waals surface area contributed by atoms with Gasteiger partial charge < -0.3 is 14.4 Å². The number of nitrogens with zero attached hydrogens (tertiary/aromatic N) is 1. The van der Waals surface area contributed by atoms with E-state index in [1.165, 1.54) is 12.1 Å². The first kappa shape index (κ1) is 15.2. The first-order valence-corrected chi connectivity index (χ1v) is 7.04. The minimum absolute atomic E-state index is 0.180. The predicted molar refractivity (Wildman–Crippen MR) is 67.6 cm³/mol. The minimum atomic E-state index is -3.67. The van der Waals surface area contributed by atoms with Crippen molar-refractivity contribution in [1.82, 2.24) is 9.62 Å². The molecule has 2 N–H and O–H groups in total. The Hall–Kier alpha value is -0.890. The Bertz CT molecular complexity index is 491. The van der Waals surface area contributed by atoms with Crippen LogP contribution in [0.3, 0.4) is 0 Å². The van der Waals surface area contributed by atoms with E-state index < -0.39 is 10.0 Å². The highest BCUT2D eigenvalue weighted by atomic mass is 32.2. The summed E-state index contributed by atoms with van der Waals surface area (Å²) in [4.78, 5) is 1.93. The van der Waals surface area contributed by atoms with Gasteiger partial charge in [-0.1, -0.05) is 0 Å². The van der Waals surface area contributed by atoms with Crippen LogP contribution in [0.2, 0.25) is 0 Å². The lowest BCUT2D eigenvalue weighted by Gasteiger charge is -2.32. The molecule has 0 bridgehead atoms. The fourth-order valence-electron chi connectivity index (χ4n) is 1.09. The first-order valence-electron chi connectivity index (χ1n) is 5.56. The smallest absolute Gasteiger partial charge is 0.274 e. The van der Waals surface area contributed by atoms with Crippen LogP contribution in [0.5, 0.6) is 0 Å². The van der Waals surface area contributed by atoms with Crippen LogP contribution >= 0.6 is 0 Å². The van der Waals surface area contributed by atoms with E-state index in [2.05, 4.69) is 4.72 Å². The van der Waals surface area contributed by atoms with E-state index in [4.69, 9.17) is 9.52 Å². The van der Waals surface area contributed by atoms with Gasteiger partial charge >= 0.3 is 0 Å². The molecule has 0 saturated heterocycles. The number of aliphatic hydroxyl groups is 1. The summed E-state index contributed by atoms with van der Waals surface area (Å²) >= 11 is 0. The summed E-state index contributed by atoms with van der Waals surface area (Å²) in [5.41, 5.74) is -0.306. The Morgan fingerprint density at radius 3 is 2.44 bits per heavy atom. The lowest BCUT2D eigenvalue weighted by molar-refractivity contribution is 0.198. The van der Waals surface area contributed by atoms with Crippen LogP contribution in [-0.4, -0.2) is 44.6 Å². The Morgan fingerprint density at radius 1 is 1.39 bits per heavy atom. The Balaban J connectivity index is 2.77. The Labute approximate surface area is 108 Å². The van der Waals surface area contributed by atoms with Gasteiger partial charge in [0.25, 0.3) is 10.0 Å². The molecule has 0 unspecified atom stereocenters. The van der Waals surface area contributed by atoms with Crippen molar-refractivity contribution in [3.63, 3.8) is 0 Å². The van der Waals surface area contributed by atoms with Gasteiger partial charge in [-0.2, -0.15) is 0 Å². The van der Waals surface area contributed by atoms with Crippen LogP contribution in [0, 0.1) is 0 Å². The summed E-state index contributed by atoms with van der Waals surface area (Å²) in [6.07, 6.45) is 0. The molecule has 0 radical (unpaired) electrons. The maximum atomic E-state index is 11.9. The molecule has 18 heavy (non-hydrogen) atoms. The molecule has 104 valence electrons. The molecule has 1 aromatic heterocycles. The molecule has 0 atom stereocenters.